The Morgan fingerprint density at radius 3 is 2.74 bits per heavy atom. The molecule has 1 aromatic heterocycles. The molecule has 6 nitrogen and oxygen atoms in total. The van der Waals surface area contributed by atoms with E-state index in [1.807, 2.05) is 43.3 Å². The van der Waals surface area contributed by atoms with E-state index in [9.17, 15) is 10.1 Å². The van der Waals surface area contributed by atoms with Crippen molar-refractivity contribution < 1.29 is 9.53 Å². The van der Waals surface area contributed by atoms with E-state index in [1.54, 1.807) is 6.07 Å². The second-order valence-electron chi connectivity index (χ2n) is 8.79. The van der Waals surface area contributed by atoms with Crippen molar-refractivity contribution in [2.75, 3.05) is 0 Å². The lowest BCUT2D eigenvalue weighted by molar-refractivity contribution is 0.100. The number of rotatable bonds is 5. The van der Waals surface area contributed by atoms with E-state index < -0.39 is 5.91 Å². The smallest absolute Gasteiger partial charge is 0.250 e. The number of ether oxygens (including phenoxy) is 1. The van der Waals surface area contributed by atoms with Gasteiger partial charge in [0.25, 0.3) is 5.91 Å². The monoisotopic (exact) mass is 462 g/mol. The van der Waals surface area contributed by atoms with Crippen LogP contribution in [0.3, 0.4) is 0 Å². The molecule has 5 rings (SSSR count). The Bertz CT molecular complexity index is 1540. The maximum absolute atomic E-state index is 12.0. The van der Waals surface area contributed by atoms with Crippen LogP contribution in [-0.4, -0.2) is 15.5 Å². The second kappa shape index (κ2) is 9.11. The summed E-state index contributed by atoms with van der Waals surface area (Å²) >= 11 is 0. The Balaban J connectivity index is 1.61. The number of nitrogens with two attached hydrogens (primary N) is 1. The average Bonchev–Trinajstić information content (AvgIpc) is 3.11. The van der Waals surface area contributed by atoms with Gasteiger partial charge in [-0.15, -0.1) is 0 Å². The first kappa shape index (κ1) is 22.4. The van der Waals surface area contributed by atoms with Crippen LogP contribution in [0.25, 0.3) is 16.6 Å². The van der Waals surface area contributed by atoms with Crippen molar-refractivity contribution in [1.29, 1.82) is 5.26 Å². The van der Waals surface area contributed by atoms with E-state index in [-0.39, 0.29) is 0 Å². The standard InChI is InChI=1S/C29H26N4O2/c1-3-7-26-32-28-23(29(31)34)9-6-10-24(28)33(26)16-19-12-13-21-20(14-19)17-35-25-11-5-4-8-22(25)27(21)18(2)15-30/h4-6,8-14H,3,7,16-17H2,1-2H3,(H2,31,34)/b27-18-. The molecule has 1 aliphatic heterocycles. The topological polar surface area (TPSA) is 93.9 Å². The van der Waals surface area contributed by atoms with Gasteiger partial charge in [-0.1, -0.05) is 43.3 Å². The molecule has 1 amide bonds. The van der Waals surface area contributed by atoms with Crippen molar-refractivity contribution >= 4 is 22.5 Å². The van der Waals surface area contributed by atoms with Gasteiger partial charge in [-0.05, 0) is 54.3 Å². The highest BCUT2D eigenvalue weighted by Crippen LogP contribution is 2.38. The number of hydrogen-bond donors (Lipinski definition) is 1. The lowest BCUT2D eigenvalue weighted by Gasteiger charge is -2.14. The molecule has 0 aliphatic carbocycles. The van der Waals surface area contributed by atoms with Gasteiger partial charge < -0.3 is 15.0 Å². The van der Waals surface area contributed by atoms with Gasteiger partial charge in [-0.2, -0.15) is 5.26 Å². The van der Waals surface area contributed by atoms with Crippen molar-refractivity contribution in [1.82, 2.24) is 9.55 Å². The molecule has 1 aliphatic rings. The van der Waals surface area contributed by atoms with Crippen LogP contribution in [0.4, 0.5) is 0 Å². The molecule has 0 bridgehead atoms. The third kappa shape index (κ3) is 3.95. The predicted octanol–water partition coefficient (Wildman–Crippen LogP) is 5.37. The third-order valence-corrected chi connectivity index (χ3v) is 6.46. The quantitative estimate of drug-likeness (QED) is 0.403. The first-order valence-electron chi connectivity index (χ1n) is 11.7. The van der Waals surface area contributed by atoms with E-state index in [2.05, 4.69) is 35.8 Å². The van der Waals surface area contributed by atoms with Gasteiger partial charge in [0.2, 0.25) is 0 Å². The minimum Gasteiger partial charge on any atom is -0.488 e. The number of primary amides is 1. The lowest BCUT2D eigenvalue weighted by atomic mass is 9.90. The molecule has 0 fully saturated rings. The van der Waals surface area contributed by atoms with Gasteiger partial charge in [-0.3, -0.25) is 4.79 Å². The van der Waals surface area contributed by atoms with E-state index in [1.165, 1.54) is 0 Å². The minimum atomic E-state index is -0.475. The van der Waals surface area contributed by atoms with Crippen LogP contribution in [0.5, 0.6) is 5.75 Å². The summed E-state index contributed by atoms with van der Waals surface area (Å²) < 4.78 is 8.31. The highest BCUT2D eigenvalue weighted by molar-refractivity contribution is 6.04. The van der Waals surface area contributed by atoms with Crippen molar-refractivity contribution in [2.45, 2.75) is 39.8 Å². The van der Waals surface area contributed by atoms with E-state index in [0.29, 0.717) is 29.8 Å². The van der Waals surface area contributed by atoms with Crippen LogP contribution in [-0.2, 0) is 19.6 Å². The summed E-state index contributed by atoms with van der Waals surface area (Å²) in [5, 5.41) is 9.71. The largest absolute Gasteiger partial charge is 0.488 e. The average molecular weight is 463 g/mol. The van der Waals surface area contributed by atoms with E-state index in [4.69, 9.17) is 15.5 Å². The molecule has 2 N–H and O–H groups in total. The number of carbonyl (C=O) groups is 1. The summed E-state index contributed by atoms with van der Waals surface area (Å²) in [6, 6.07) is 22.0. The summed E-state index contributed by atoms with van der Waals surface area (Å²) in [5.74, 6) is 1.23. The first-order chi connectivity index (χ1) is 17.0. The zero-order valence-corrected chi connectivity index (χ0v) is 19.8. The van der Waals surface area contributed by atoms with Gasteiger partial charge >= 0.3 is 0 Å². The minimum absolute atomic E-state index is 0.417. The number of allylic oxidation sites excluding steroid dienone is 1. The molecule has 2 heterocycles. The van der Waals surface area contributed by atoms with Crippen molar-refractivity contribution in [3.8, 4) is 11.8 Å². The summed E-state index contributed by atoms with van der Waals surface area (Å²) in [6.45, 7) is 4.98. The number of fused-ring (bicyclic) bond motifs is 3. The molecule has 4 aromatic rings. The fraction of sp³-hybridized carbons (Fsp3) is 0.207. The number of para-hydroxylation sites is 2. The summed E-state index contributed by atoms with van der Waals surface area (Å²) in [7, 11) is 0. The number of imidazole rings is 1. The summed E-state index contributed by atoms with van der Waals surface area (Å²) in [4.78, 5) is 16.8. The van der Waals surface area contributed by atoms with Crippen LogP contribution in [0.2, 0.25) is 0 Å². The highest BCUT2D eigenvalue weighted by atomic mass is 16.5. The molecular weight excluding hydrogens is 436 g/mol. The van der Waals surface area contributed by atoms with Gasteiger partial charge in [-0.25, -0.2) is 4.98 Å². The van der Waals surface area contributed by atoms with E-state index >= 15 is 0 Å². The first-order valence-corrected chi connectivity index (χ1v) is 11.7. The summed E-state index contributed by atoms with van der Waals surface area (Å²) in [6.07, 6.45) is 1.73. The molecule has 0 atom stereocenters. The molecule has 174 valence electrons. The molecule has 3 aromatic carbocycles. The molecule has 35 heavy (non-hydrogen) atoms. The van der Waals surface area contributed by atoms with Crippen LogP contribution >= 0.6 is 0 Å². The van der Waals surface area contributed by atoms with Gasteiger partial charge in [0.1, 0.15) is 23.7 Å². The van der Waals surface area contributed by atoms with Gasteiger partial charge in [0.15, 0.2) is 0 Å². The lowest BCUT2D eigenvalue weighted by Crippen LogP contribution is -2.11. The number of benzene rings is 3. The Kier molecular flexibility index (Phi) is 5.84. The van der Waals surface area contributed by atoms with E-state index in [0.717, 1.165) is 57.8 Å². The normalized spacial score (nSPS) is 13.9. The van der Waals surface area contributed by atoms with Gasteiger partial charge in [0, 0.05) is 29.7 Å². The predicted molar refractivity (Wildman–Crippen MR) is 136 cm³/mol. The fourth-order valence-corrected chi connectivity index (χ4v) is 4.84. The molecule has 0 saturated carbocycles. The number of nitriles is 1. The zero-order valence-electron chi connectivity index (χ0n) is 19.8. The number of hydrogen-bond acceptors (Lipinski definition) is 4. The number of nitrogens with zero attached hydrogens (tertiary/aromatic N) is 3. The molecule has 6 heteroatoms. The highest BCUT2D eigenvalue weighted by Gasteiger charge is 2.22. The Labute approximate surface area is 204 Å². The SMILES string of the molecule is CCCc1nc2c(C(N)=O)cccc2n1Cc1ccc2c(c1)COc1ccccc1/C2=C(/C)C#N. The van der Waals surface area contributed by atoms with Crippen molar-refractivity contribution in [3.63, 3.8) is 0 Å². The molecule has 0 unspecified atom stereocenters. The maximum atomic E-state index is 12.0. The third-order valence-electron chi connectivity index (χ3n) is 6.46. The molecule has 0 saturated heterocycles. The molecule has 0 radical (unpaired) electrons. The van der Waals surface area contributed by atoms with Gasteiger partial charge in [0.05, 0.1) is 17.1 Å². The van der Waals surface area contributed by atoms with Crippen LogP contribution in [0.15, 0.2) is 66.2 Å². The maximum Gasteiger partial charge on any atom is 0.250 e. The summed E-state index contributed by atoms with van der Waals surface area (Å²) in [5.41, 5.74) is 13.2. The van der Waals surface area contributed by atoms with Crippen LogP contribution in [0.1, 0.15) is 58.7 Å². The number of amides is 1. The number of carbonyl (C=O) groups excluding carboxylic acids is 1. The number of aryl methyl sites for hydroxylation is 1. The Hall–Kier alpha value is -4.37. The number of aromatic nitrogens is 2. The Morgan fingerprint density at radius 1 is 1.14 bits per heavy atom. The molecular formula is C29H26N4O2. The molecule has 0 spiro atoms. The Morgan fingerprint density at radius 2 is 1.97 bits per heavy atom. The zero-order chi connectivity index (χ0) is 24.5. The van der Waals surface area contributed by atoms with Crippen LogP contribution < -0.4 is 10.5 Å². The van der Waals surface area contributed by atoms with Crippen molar-refractivity contribution in [3.05, 3.63) is 99.9 Å². The second-order valence-corrected chi connectivity index (χ2v) is 8.79. The van der Waals surface area contributed by atoms with Crippen molar-refractivity contribution in [2.24, 2.45) is 5.73 Å². The fourth-order valence-electron chi connectivity index (χ4n) is 4.84. The van der Waals surface area contributed by atoms with Crippen LogP contribution in [0, 0.1) is 11.3 Å².